The molecule has 1 fully saturated rings. The molecule has 2 aromatic carbocycles. The largest absolute Gasteiger partial charge is 0.377 e. The van der Waals surface area contributed by atoms with E-state index in [1.54, 1.807) is 0 Å². The van der Waals surface area contributed by atoms with E-state index < -0.39 is 0 Å². The van der Waals surface area contributed by atoms with E-state index in [1.807, 2.05) is 63.2 Å². The minimum Gasteiger partial charge on any atom is -0.377 e. The molecule has 2 aliphatic rings. The molecule has 2 heterocycles. The first-order valence-corrected chi connectivity index (χ1v) is 11.3. The predicted molar refractivity (Wildman–Crippen MR) is 126 cm³/mol. The Hall–Kier alpha value is -3.12. The molecule has 4 rings (SSSR count). The maximum Gasteiger partial charge on any atom is 0.277 e. The van der Waals surface area contributed by atoms with Gasteiger partial charge in [-0.25, -0.2) is 0 Å². The number of hydrogen-bond acceptors (Lipinski definition) is 5. The van der Waals surface area contributed by atoms with Gasteiger partial charge in [-0.1, -0.05) is 48.0 Å². The number of imide groups is 1. The Morgan fingerprint density at radius 1 is 0.844 bits per heavy atom. The molecule has 2 amide bonds. The quantitative estimate of drug-likeness (QED) is 0.627. The Morgan fingerprint density at radius 2 is 1.47 bits per heavy atom. The average molecular weight is 434 g/mol. The fourth-order valence-electron chi connectivity index (χ4n) is 4.25. The minimum atomic E-state index is -0.230. The van der Waals surface area contributed by atoms with Crippen LogP contribution in [-0.4, -0.2) is 67.0 Å². The molecule has 0 unspecified atom stereocenters. The van der Waals surface area contributed by atoms with Crippen LogP contribution in [0.3, 0.4) is 0 Å². The second-order valence-corrected chi connectivity index (χ2v) is 8.58. The van der Waals surface area contributed by atoms with Gasteiger partial charge >= 0.3 is 0 Å². The first kappa shape index (κ1) is 22.1. The van der Waals surface area contributed by atoms with Crippen LogP contribution in [-0.2, 0) is 14.3 Å². The molecule has 0 saturated carbocycles. The Balaban J connectivity index is 1.59. The highest BCUT2D eigenvalue weighted by Crippen LogP contribution is 2.32. The van der Waals surface area contributed by atoms with E-state index in [0.717, 1.165) is 24.2 Å². The molecule has 0 aromatic heterocycles. The predicted octanol–water partition coefficient (Wildman–Crippen LogP) is 3.32. The number of anilines is 1. The molecule has 0 N–H and O–H groups in total. The first-order chi connectivity index (χ1) is 15.5. The molecule has 0 aliphatic carbocycles. The van der Waals surface area contributed by atoms with E-state index >= 15 is 0 Å². The molecule has 168 valence electrons. The van der Waals surface area contributed by atoms with Crippen LogP contribution in [0.1, 0.15) is 25.0 Å². The number of amides is 2. The Kier molecular flexibility index (Phi) is 6.61. The molecule has 6 nitrogen and oxygen atoms in total. The smallest absolute Gasteiger partial charge is 0.277 e. The highest BCUT2D eigenvalue weighted by atomic mass is 16.5. The number of nitrogens with zero attached hydrogens (tertiary/aromatic N) is 3. The summed E-state index contributed by atoms with van der Waals surface area (Å²) in [5, 5.41) is 0. The van der Waals surface area contributed by atoms with Gasteiger partial charge in [0.15, 0.2) is 0 Å². The van der Waals surface area contributed by atoms with Gasteiger partial charge in [0.25, 0.3) is 11.8 Å². The first-order valence-electron chi connectivity index (χ1n) is 11.3. The fraction of sp³-hybridized carbons (Fsp3) is 0.385. The SMILES string of the molecule is Cc1ccc(C2=C(N3CCN(c4ccccc4)CC3)C(=O)N(CCOC(C)C)C2=O)cc1. The van der Waals surface area contributed by atoms with Crippen LogP contribution in [0.4, 0.5) is 5.69 Å². The van der Waals surface area contributed by atoms with Gasteiger partial charge in [0.2, 0.25) is 0 Å². The van der Waals surface area contributed by atoms with Crippen LogP contribution in [0.2, 0.25) is 0 Å². The third-order valence-corrected chi connectivity index (χ3v) is 5.97. The summed E-state index contributed by atoms with van der Waals surface area (Å²) in [6.07, 6.45) is 0.0536. The second kappa shape index (κ2) is 9.57. The molecular formula is C26H31N3O3. The van der Waals surface area contributed by atoms with Crippen molar-refractivity contribution in [2.75, 3.05) is 44.2 Å². The molecule has 1 saturated heterocycles. The summed E-state index contributed by atoms with van der Waals surface area (Å²) >= 11 is 0. The van der Waals surface area contributed by atoms with Crippen LogP contribution >= 0.6 is 0 Å². The molecule has 0 radical (unpaired) electrons. The van der Waals surface area contributed by atoms with Gasteiger partial charge in [-0.2, -0.15) is 0 Å². The van der Waals surface area contributed by atoms with Gasteiger partial charge < -0.3 is 14.5 Å². The zero-order chi connectivity index (χ0) is 22.7. The molecule has 2 aliphatic heterocycles. The standard InChI is InChI=1S/C26H31N3O3/c1-19(2)32-18-17-29-25(30)23(21-11-9-20(3)10-12-21)24(26(29)31)28-15-13-27(14-16-28)22-7-5-4-6-8-22/h4-12,19H,13-18H2,1-3H3. The zero-order valence-electron chi connectivity index (χ0n) is 19.1. The molecule has 0 spiro atoms. The van der Waals surface area contributed by atoms with Crippen LogP contribution in [0.25, 0.3) is 5.57 Å². The van der Waals surface area contributed by atoms with Gasteiger partial charge in [0.05, 0.1) is 24.8 Å². The number of hydrogen-bond donors (Lipinski definition) is 0. The van der Waals surface area contributed by atoms with Crippen LogP contribution in [0.15, 0.2) is 60.3 Å². The maximum absolute atomic E-state index is 13.4. The Labute approximate surface area is 190 Å². The van der Waals surface area contributed by atoms with E-state index in [2.05, 4.69) is 21.9 Å². The van der Waals surface area contributed by atoms with Gasteiger partial charge in [-0.05, 0) is 38.5 Å². The number of aryl methyl sites for hydroxylation is 1. The van der Waals surface area contributed by atoms with Crippen molar-refractivity contribution in [3.63, 3.8) is 0 Å². The number of carbonyl (C=O) groups excluding carboxylic acids is 2. The van der Waals surface area contributed by atoms with Crippen molar-refractivity contribution in [3.8, 4) is 0 Å². The summed E-state index contributed by atoms with van der Waals surface area (Å²) in [5.74, 6) is -0.446. The van der Waals surface area contributed by atoms with Crippen molar-refractivity contribution in [2.45, 2.75) is 26.9 Å². The lowest BCUT2D eigenvalue weighted by Gasteiger charge is -2.37. The normalized spacial score (nSPS) is 17.2. The Morgan fingerprint density at radius 3 is 2.09 bits per heavy atom. The molecule has 0 bridgehead atoms. The third kappa shape index (κ3) is 4.55. The minimum absolute atomic E-state index is 0.0536. The van der Waals surface area contributed by atoms with Gasteiger partial charge in [-0.15, -0.1) is 0 Å². The summed E-state index contributed by atoms with van der Waals surface area (Å²) in [6.45, 7) is 9.48. The molecule has 32 heavy (non-hydrogen) atoms. The number of para-hydroxylation sites is 1. The van der Waals surface area contributed by atoms with Crippen molar-refractivity contribution < 1.29 is 14.3 Å². The monoisotopic (exact) mass is 433 g/mol. The van der Waals surface area contributed by atoms with E-state index in [0.29, 0.717) is 31.0 Å². The van der Waals surface area contributed by atoms with Crippen molar-refractivity contribution in [2.24, 2.45) is 0 Å². The lowest BCUT2D eigenvalue weighted by molar-refractivity contribution is -0.138. The van der Waals surface area contributed by atoms with Gasteiger partial charge in [-0.3, -0.25) is 14.5 Å². The summed E-state index contributed by atoms with van der Waals surface area (Å²) in [6, 6.07) is 18.1. The summed E-state index contributed by atoms with van der Waals surface area (Å²) in [5.41, 5.74) is 4.12. The van der Waals surface area contributed by atoms with Crippen molar-refractivity contribution in [1.29, 1.82) is 0 Å². The zero-order valence-corrected chi connectivity index (χ0v) is 19.1. The van der Waals surface area contributed by atoms with Crippen molar-refractivity contribution >= 4 is 23.1 Å². The second-order valence-electron chi connectivity index (χ2n) is 8.58. The van der Waals surface area contributed by atoms with Crippen molar-refractivity contribution in [1.82, 2.24) is 9.80 Å². The maximum atomic E-state index is 13.4. The van der Waals surface area contributed by atoms with E-state index in [1.165, 1.54) is 10.6 Å². The summed E-state index contributed by atoms with van der Waals surface area (Å²) < 4.78 is 5.62. The summed E-state index contributed by atoms with van der Waals surface area (Å²) in [4.78, 5) is 32.5. The lowest BCUT2D eigenvalue weighted by atomic mass is 10.0. The van der Waals surface area contributed by atoms with Crippen LogP contribution in [0.5, 0.6) is 0 Å². The van der Waals surface area contributed by atoms with E-state index in [-0.39, 0.29) is 24.5 Å². The van der Waals surface area contributed by atoms with Crippen LogP contribution < -0.4 is 4.90 Å². The number of rotatable bonds is 7. The highest BCUT2D eigenvalue weighted by molar-refractivity contribution is 6.35. The Bertz CT molecular complexity index is 991. The van der Waals surface area contributed by atoms with Crippen molar-refractivity contribution in [3.05, 3.63) is 71.4 Å². The van der Waals surface area contributed by atoms with E-state index in [4.69, 9.17) is 4.74 Å². The molecule has 0 atom stereocenters. The number of benzene rings is 2. The highest BCUT2D eigenvalue weighted by Gasteiger charge is 2.42. The number of piperazine rings is 1. The fourth-order valence-corrected chi connectivity index (χ4v) is 4.25. The van der Waals surface area contributed by atoms with Gasteiger partial charge in [0, 0.05) is 31.9 Å². The average Bonchev–Trinajstić information content (AvgIpc) is 3.05. The lowest BCUT2D eigenvalue weighted by Crippen LogP contribution is -2.47. The molecule has 6 heteroatoms. The summed E-state index contributed by atoms with van der Waals surface area (Å²) in [7, 11) is 0. The number of carbonyl (C=O) groups is 2. The number of ether oxygens (including phenoxy) is 1. The van der Waals surface area contributed by atoms with Gasteiger partial charge in [0.1, 0.15) is 5.70 Å². The van der Waals surface area contributed by atoms with Crippen LogP contribution in [0, 0.1) is 6.92 Å². The van der Waals surface area contributed by atoms with E-state index in [9.17, 15) is 9.59 Å². The molecular weight excluding hydrogens is 402 g/mol. The third-order valence-electron chi connectivity index (χ3n) is 5.97. The topological polar surface area (TPSA) is 53.1 Å². The molecule has 2 aromatic rings.